The van der Waals surface area contributed by atoms with Crippen molar-refractivity contribution in [2.45, 2.75) is 27.2 Å². The third-order valence-corrected chi connectivity index (χ3v) is 6.20. The van der Waals surface area contributed by atoms with Crippen molar-refractivity contribution in [2.24, 2.45) is 4.99 Å². The molecule has 0 unspecified atom stereocenters. The SMILES string of the molecule is CCc1ccc(C2=C(C)C(=NCC(=O)Nc3ccc(C)c(F)c3)NS2(=O)=O)cc1. The van der Waals surface area contributed by atoms with E-state index in [-0.39, 0.29) is 17.3 Å². The van der Waals surface area contributed by atoms with E-state index in [1.807, 2.05) is 19.1 Å². The van der Waals surface area contributed by atoms with Gasteiger partial charge in [0.15, 0.2) is 0 Å². The highest BCUT2D eigenvalue weighted by molar-refractivity contribution is 8.00. The lowest BCUT2D eigenvalue weighted by Gasteiger charge is -2.05. The standard InChI is InChI=1S/C21H22FN3O3S/c1-4-15-6-8-16(9-7-15)20-14(3)21(25-29(20,27)28)23-12-19(26)24-17-10-5-13(2)18(22)11-17/h5-11H,4,12H2,1-3H3,(H,23,25)(H,24,26). The quantitative estimate of drug-likeness (QED) is 0.785. The second-order valence-corrected chi connectivity index (χ2v) is 8.41. The van der Waals surface area contributed by atoms with Crippen LogP contribution in [-0.4, -0.2) is 26.7 Å². The average Bonchev–Trinajstić information content (AvgIpc) is 2.91. The Morgan fingerprint density at radius 1 is 1.14 bits per heavy atom. The van der Waals surface area contributed by atoms with Gasteiger partial charge in [0, 0.05) is 11.3 Å². The topological polar surface area (TPSA) is 87.6 Å². The Balaban J connectivity index is 1.79. The van der Waals surface area contributed by atoms with Gasteiger partial charge in [-0.2, -0.15) is 0 Å². The maximum Gasteiger partial charge on any atom is 0.264 e. The third-order valence-electron chi connectivity index (χ3n) is 4.66. The van der Waals surface area contributed by atoms with Crippen LogP contribution in [0.15, 0.2) is 53.0 Å². The number of hydrogen-bond donors (Lipinski definition) is 2. The van der Waals surface area contributed by atoms with Crippen LogP contribution in [0, 0.1) is 12.7 Å². The molecule has 0 bridgehead atoms. The number of carbonyl (C=O) groups is 1. The van der Waals surface area contributed by atoms with Crippen LogP contribution in [0.25, 0.3) is 4.91 Å². The number of amidine groups is 1. The number of hydrogen-bond acceptors (Lipinski definition) is 4. The summed E-state index contributed by atoms with van der Waals surface area (Å²) in [5.74, 6) is -0.770. The van der Waals surface area contributed by atoms with Crippen molar-refractivity contribution < 1.29 is 17.6 Å². The van der Waals surface area contributed by atoms with Gasteiger partial charge in [-0.25, -0.2) is 12.8 Å². The zero-order chi connectivity index (χ0) is 21.2. The van der Waals surface area contributed by atoms with E-state index in [1.54, 1.807) is 38.1 Å². The molecule has 2 aromatic rings. The van der Waals surface area contributed by atoms with Crippen LogP contribution in [0.2, 0.25) is 0 Å². The first-order chi connectivity index (χ1) is 13.7. The molecule has 2 N–H and O–H groups in total. The highest BCUT2D eigenvalue weighted by Gasteiger charge is 2.32. The van der Waals surface area contributed by atoms with Crippen LogP contribution in [0.4, 0.5) is 10.1 Å². The molecule has 8 heteroatoms. The normalized spacial score (nSPS) is 16.8. The van der Waals surface area contributed by atoms with E-state index in [1.165, 1.54) is 6.07 Å². The van der Waals surface area contributed by atoms with E-state index in [0.717, 1.165) is 12.0 Å². The molecular weight excluding hydrogens is 393 g/mol. The summed E-state index contributed by atoms with van der Waals surface area (Å²) in [6.07, 6.45) is 0.857. The summed E-state index contributed by atoms with van der Waals surface area (Å²) in [6, 6.07) is 11.7. The molecule has 0 aromatic heterocycles. The van der Waals surface area contributed by atoms with Gasteiger partial charge in [0.05, 0.1) is 0 Å². The van der Waals surface area contributed by atoms with Gasteiger partial charge in [0.2, 0.25) is 5.91 Å². The number of sulfonamides is 1. The first-order valence-electron chi connectivity index (χ1n) is 9.15. The fraction of sp³-hybridized carbons (Fsp3) is 0.238. The fourth-order valence-corrected chi connectivity index (χ4v) is 4.52. The van der Waals surface area contributed by atoms with Crippen molar-refractivity contribution in [3.63, 3.8) is 0 Å². The Bertz CT molecular complexity index is 1120. The van der Waals surface area contributed by atoms with E-state index in [0.29, 0.717) is 22.4 Å². The summed E-state index contributed by atoms with van der Waals surface area (Å²) in [6.45, 7) is 5.00. The molecule has 0 spiro atoms. The molecule has 6 nitrogen and oxygen atoms in total. The monoisotopic (exact) mass is 415 g/mol. The molecule has 3 rings (SSSR count). The molecule has 0 radical (unpaired) electrons. The molecule has 29 heavy (non-hydrogen) atoms. The van der Waals surface area contributed by atoms with Crippen molar-refractivity contribution in [2.75, 3.05) is 11.9 Å². The van der Waals surface area contributed by atoms with Crippen LogP contribution >= 0.6 is 0 Å². The van der Waals surface area contributed by atoms with Crippen LogP contribution in [0.3, 0.4) is 0 Å². The Labute approximate surface area is 169 Å². The zero-order valence-electron chi connectivity index (χ0n) is 16.4. The molecule has 1 aliphatic heterocycles. The van der Waals surface area contributed by atoms with Gasteiger partial charge in [0.25, 0.3) is 10.0 Å². The number of carbonyl (C=O) groups excluding carboxylic acids is 1. The van der Waals surface area contributed by atoms with Gasteiger partial charge in [-0.3, -0.25) is 14.5 Å². The van der Waals surface area contributed by atoms with Gasteiger partial charge < -0.3 is 5.32 Å². The predicted octanol–water partition coefficient (Wildman–Crippen LogP) is 3.40. The molecule has 1 aliphatic rings. The lowest BCUT2D eigenvalue weighted by molar-refractivity contribution is -0.114. The second kappa shape index (κ2) is 8.16. The first kappa shape index (κ1) is 20.7. The minimum atomic E-state index is -3.76. The summed E-state index contributed by atoms with van der Waals surface area (Å²) in [7, 11) is -3.76. The maximum absolute atomic E-state index is 13.6. The predicted molar refractivity (Wildman–Crippen MR) is 113 cm³/mol. The number of aliphatic imine (C=N–C) groups is 1. The Morgan fingerprint density at radius 3 is 2.45 bits per heavy atom. The van der Waals surface area contributed by atoms with Gasteiger partial charge in [-0.05, 0) is 49.1 Å². The van der Waals surface area contributed by atoms with E-state index in [4.69, 9.17) is 0 Å². The summed E-state index contributed by atoms with van der Waals surface area (Å²) < 4.78 is 41.1. The fourth-order valence-electron chi connectivity index (χ4n) is 3.00. The number of amides is 1. The highest BCUT2D eigenvalue weighted by atomic mass is 32.2. The number of halogens is 1. The third kappa shape index (κ3) is 4.54. The number of benzene rings is 2. The smallest absolute Gasteiger partial charge is 0.264 e. The van der Waals surface area contributed by atoms with E-state index >= 15 is 0 Å². The van der Waals surface area contributed by atoms with Gasteiger partial charge in [0.1, 0.15) is 23.1 Å². The number of nitrogens with one attached hydrogen (secondary N) is 2. The Kier molecular flexibility index (Phi) is 5.83. The van der Waals surface area contributed by atoms with Crippen molar-refractivity contribution >= 4 is 32.4 Å². The van der Waals surface area contributed by atoms with Crippen LogP contribution < -0.4 is 10.0 Å². The van der Waals surface area contributed by atoms with Gasteiger partial charge >= 0.3 is 0 Å². The van der Waals surface area contributed by atoms with Crippen molar-refractivity contribution in [3.8, 4) is 0 Å². The van der Waals surface area contributed by atoms with E-state index in [9.17, 15) is 17.6 Å². The lowest BCUT2D eigenvalue weighted by Crippen LogP contribution is -2.25. The maximum atomic E-state index is 13.6. The molecule has 0 aliphatic carbocycles. The van der Waals surface area contributed by atoms with Crippen LogP contribution in [0.1, 0.15) is 30.5 Å². The molecule has 1 heterocycles. The van der Waals surface area contributed by atoms with Gasteiger partial charge in [-0.1, -0.05) is 37.3 Å². The number of anilines is 1. The largest absolute Gasteiger partial charge is 0.324 e. The molecule has 1 amide bonds. The summed E-state index contributed by atoms with van der Waals surface area (Å²) in [5.41, 5.74) is 2.91. The summed E-state index contributed by atoms with van der Waals surface area (Å²) in [4.78, 5) is 16.4. The molecule has 0 fully saturated rings. The van der Waals surface area contributed by atoms with E-state index in [2.05, 4.69) is 15.0 Å². The lowest BCUT2D eigenvalue weighted by atomic mass is 10.1. The average molecular weight is 415 g/mol. The number of aryl methyl sites for hydroxylation is 2. The minimum Gasteiger partial charge on any atom is -0.324 e. The zero-order valence-corrected chi connectivity index (χ0v) is 17.2. The molecular formula is C21H22FN3O3S. The number of rotatable bonds is 5. The Morgan fingerprint density at radius 2 is 1.83 bits per heavy atom. The van der Waals surface area contributed by atoms with Crippen molar-refractivity contribution in [1.82, 2.24) is 4.72 Å². The van der Waals surface area contributed by atoms with Crippen molar-refractivity contribution in [1.29, 1.82) is 0 Å². The van der Waals surface area contributed by atoms with Crippen LogP contribution in [0.5, 0.6) is 0 Å². The molecule has 0 atom stereocenters. The summed E-state index contributed by atoms with van der Waals surface area (Å²) in [5, 5.41) is 2.55. The van der Waals surface area contributed by atoms with Crippen LogP contribution in [-0.2, 0) is 21.2 Å². The number of nitrogens with zero attached hydrogens (tertiary/aromatic N) is 1. The Hall–Kier alpha value is -3.00. The van der Waals surface area contributed by atoms with E-state index < -0.39 is 21.7 Å². The molecule has 0 saturated carbocycles. The highest BCUT2D eigenvalue weighted by Crippen LogP contribution is 2.30. The molecule has 152 valence electrons. The minimum absolute atomic E-state index is 0.129. The molecule has 2 aromatic carbocycles. The molecule has 0 saturated heterocycles. The second-order valence-electron chi connectivity index (χ2n) is 6.79. The van der Waals surface area contributed by atoms with Gasteiger partial charge in [-0.15, -0.1) is 0 Å². The first-order valence-corrected chi connectivity index (χ1v) is 10.6. The summed E-state index contributed by atoms with van der Waals surface area (Å²) >= 11 is 0. The van der Waals surface area contributed by atoms with Crippen molar-refractivity contribution in [3.05, 3.63) is 70.5 Å².